The Bertz CT molecular complexity index is 906. The van der Waals surface area contributed by atoms with Crippen molar-refractivity contribution in [1.29, 1.82) is 0 Å². The maximum absolute atomic E-state index is 12.7. The van der Waals surface area contributed by atoms with Crippen molar-refractivity contribution in [3.05, 3.63) is 60.2 Å². The standard InChI is InChI=1S/C22H29N3O3S/c1-17(19-6-4-3-5-7-19)23-22(26)24-20-8-10-21(11-9-20)29(27,28)16-18-12-14-25(2)15-13-18/h3-11,17-18H,12-16H2,1-2H3,(H2,23,24,26)/t17-/m0/s1. The molecule has 1 aliphatic heterocycles. The van der Waals surface area contributed by atoms with Crippen molar-refractivity contribution < 1.29 is 13.2 Å². The second-order valence-corrected chi connectivity index (χ2v) is 9.82. The van der Waals surface area contributed by atoms with Gasteiger partial charge in [0.05, 0.1) is 16.7 Å². The molecule has 0 aromatic heterocycles. The van der Waals surface area contributed by atoms with Gasteiger partial charge in [0.2, 0.25) is 0 Å². The van der Waals surface area contributed by atoms with Gasteiger partial charge < -0.3 is 15.5 Å². The Morgan fingerprint density at radius 3 is 2.31 bits per heavy atom. The average Bonchev–Trinajstić information content (AvgIpc) is 2.70. The van der Waals surface area contributed by atoms with E-state index in [9.17, 15) is 13.2 Å². The highest BCUT2D eigenvalue weighted by Crippen LogP contribution is 2.23. The predicted octanol–water partition coefficient (Wildman–Crippen LogP) is 3.68. The largest absolute Gasteiger partial charge is 0.331 e. The van der Waals surface area contributed by atoms with Crippen LogP contribution in [-0.4, -0.2) is 45.2 Å². The lowest BCUT2D eigenvalue weighted by Gasteiger charge is -2.28. The number of anilines is 1. The molecule has 2 N–H and O–H groups in total. The van der Waals surface area contributed by atoms with Crippen LogP contribution in [0.15, 0.2) is 59.5 Å². The van der Waals surface area contributed by atoms with Crippen LogP contribution in [-0.2, 0) is 9.84 Å². The van der Waals surface area contributed by atoms with Gasteiger partial charge in [0.15, 0.2) is 9.84 Å². The molecule has 1 aliphatic rings. The molecular weight excluding hydrogens is 386 g/mol. The van der Waals surface area contributed by atoms with Gasteiger partial charge in [0.1, 0.15) is 0 Å². The zero-order chi connectivity index (χ0) is 20.9. The van der Waals surface area contributed by atoms with Crippen molar-refractivity contribution >= 4 is 21.6 Å². The van der Waals surface area contributed by atoms with Gasteiger partial charge in [0, 0.05) is 5.69 Å². The normalized spacial score (nSPS) is 16.9. The highest BCUT2D eigenvalue weighted by Gasteiger charge is 2.24. The predicted molar refractivity (Wildman–Crippen MR) is 116 cm³/mol. The van der Waals surface area contributed by atoms with E-state index in [1.54, 1.807) is 24.3 Å². The lowest BCUT2D eigenvalue weighted by molar-refractivity contribution is 0.231. The molecule has 2 amide bonds. The second-order valence-electron chi connectivity index (χ2n) is 7.78. The third kappa shape index (κ3) is 6.05. The molecule has 3 rings (SSSR count). The van der Waals surface area contributed by atoms with E-state index in [-0.39, 0.29) is 23.7 Å². The van der Waals surface area contributed by atoms with Crippen molar-refractivity contribution in [3.8, 4) is 0 Å². The summed E-state index contributed by atoms with van der Waals surface area (Å²) in [5, 5.41) is 5.63. The molecule has 156 valence electrons. The summed E-state index contributed by atoms with van der Waals surface area (Å²) in [5.74, 6) is 0.391. The molecular formula is C22H29N3O3S. The quantitative estimate of drug-likeness (QED) is 0.754. The molecule has 0 aliphatic carbocycles. The second kappa shape index (κ2) is 9.41. The number of likely N-dealkylation sites (tertiary alicyclic amines) is 1. The number of nitrogens with zero attached hydrogens (tertiary/aromatic N) is 1. The van der Waals surface area contributed by atoms with Crippen LogP contribution in [0.4, 0.5) is 10.5 Å². The first-order valence-electron chi connectivity index (χ1n) is 9.97. The van der Waals surface area contributed by atoms with Gasteiger partial charge in [-0.15, -0.1) is 0 Å². The highest BCUT2D eigenvalue weighted by atomic mass is 32.2. The molecule has 1 saturated heterocycles. The fourth-order valence-electron chi connectivity index (χ4n) is 3.57. The number of piperidine rings is 1. The smallest absolute Gasteiger partial charge is 0.319 e. The molecule has 1 fully saturated rings. The summed E-state index contributed by atoms with van der Waals surface area (Å²) >= 11 is 0. The molecule has 0 spiro atoms. The number of nitrogens with one attached hydrogen (secondary N) is 2. The van der Waals surface area contributed by atoms with Crippen LogP contribution in [0.25, 0.3) is 0 Å². The number of rotatable bonds is 6. The Balaban J connectivity index is 1.56. The Labute approximate surface area is 173 Å². The first kappa shape index (κ1) is 21.3. The van der Waals surface area contributed by atoms with Crippen LogP contribution in [0.2, 0.25) is 0 Å². The summed E-state index contributed by atoms with van der Waals surface area (Å²) < 4.78 is 25.4. The summed E-state index contributed by atoms with van der Waals surface area (Å²) in [4.78, 5) is 14.8. The monoisotopic (exact) mass is 415 g/mol. The summed E-state index contributed by atoms with van der Waals surface area (Å²) in [6, 6.07) is 15.6. The number of amides is 2. The Morgan fingerprint density at radius 2 is 1.69 bits per heavy atom. The molecule has 6 nitrogen and oxygen atoms in total. The maximum atomic E-state index is 12.7. The third-order valence-corrected chi connectivity index (χ3v) is 7.31. The van der Waals surface area contributed by atoms with Crippen LogP contribution in [0.1, 0.15) is 31.4 Å². The molecule has 0 bridgehead atoms. The van der Waals surface area contributed by atoms with E-state index in [0.717, 1.165) is 31.5 Å². The number of urea groups is 1. The van der Waals surface area contributed by atoms with Crippen LogP contribution < -0.4 is 10.6 Å². The molecule has 0 unspecified atom stereocenters. The minimum Gasteiger partial charge on any atom is -0.331 e. The fourth-order valence-corrected chi connectivity index (χ4v) is 5.27. The molecule has 0 saturated carbocycles. The minimum atomic E-state index is -3.32. The Kier molecular flexibility index (Phi) is 6.92. The summed E-state index contributed by atoms with van der Waals surface area (Å²) in [7, 11) is -1.26. The zero-order valence-electron chi connectivity index (χ0n) is 17.0. The number of carbonyl (C=O) groups is 1. The lowest BCUT2D eigenvalue weighted by atomic mass is 10.00. The van der Waals surface area contributed by atoms with Crippen molar-refractivity contribution in [3.63, 3.8) is 0 Å². The summed E-state index contributed by atoms with van der Waals surface area (Å²) in [6.45, 7) is 3.80. The van der Waals surface area contributed by atoms with Gasteiger partial charge >= 0.3 is 6.03 Å². The number of carbonyl (C=O) groups excluding carboxylic acids is 1. The number of sulfone groups is 1. The Morgan fingerprint density at radius 1 is 1.07 bits per heavy atom. The first-order chi connectivity index (χ1) is 13.8. The molecule has 2 aromatic rings. The van der Waals surface area contributed by atoms with E-state index in [4.69, 9.17) is 0 Å². The molecule has 2 aromatic carbocycles. The zero-order valence-corrected chi connectivity index (χ0v) is 17.8. The van der Waals surface area contributed by atoms with Gasteiger partial charge in [-0.25, -0.2) is 13.2 Å². The van der Waals surface area contributed by atoms with Crippen LogP contribution >= 0.6 is 0 Å². The van der Waals surface area contributed by atoms with Crippen LogP contribution in [0, 0.1) is 5.92 Å². The first-order valence-corrected chi connectivity index (χ1v) is 11.6. The van der Waals surface area contributed by atoms with E-state index in [0.29, 0.717) is 10.6 Å². The van der Waals surface area contributed by atoms with E-state index < -0.39 is 9.84 Å². The Hall–Kier alpha value is -2.38. The highest BCUT2D eigenvalue weighted by molar-refractivity contribution is 7.91. The average molecular weight is 416 g/mol. The topological polar surface area (TPSA) is 78.5 Å². The SMILES string of the molecule is C[C@H](NC(=O)Nc1ccc(S(=O)(=O)CC2CCN(C)CC2)cc1)c1ccccc1. The molecule has 7 heteroatoms. The van der Waals surface area contributed by atoms with Gasteiger partial charge in [-0.1, -0.05) is 30.3 Å². The van der Waals surface area contributed by atoms with Crippen molar-refractivity contribution in [1.82, 2.24) is 10.2 Å². The molecule has 1 heterocycles. The van der Waals surface area contributed by atoms with Crippen molar-refractivity contribution in [2.75, 3.05) is 31.2 Å². The van der Waals surface area contributed by atoms with E-state index >= 15 is 0 Å². The third-order valence-electron chi connectivity index (χ3n) is 5.41. The summed E-state index contributed by atoms with van der Waals surface area (Å²) in [5.41, 5.74) is 1.57. The van der Waals surface area contributed by atoms with Gasteiger partial charge in [-0.3, -0.25) is 0 Å². The van der Waals surface area contributed by atoms with Gasteiger partial charge in [-0.05, 0) is 75.6 Å². The fraction of sp³-hybridized carbons (Fsp3) is 0.409. The molecule has 29 heavy (non-hydrogen) atoms. The van der Waals surface area contributed by atoms with Crippen molar-refractivity contribution in [2.24, 2.45) is 5.92 Å². The lowest BCUT2D eigenvalue weighted by Crippen LogP contribution is -2.33. The van der Waals surface area contributed by atoms with Gasteiger partial charge in [0.25, 0.3) is 0 Å². The number of benzene rings is 2. The summed E-state index contributed by atoms with van der Waals surface area (Å²) in [6.07, 6.45) is 1.82. The minimum absolute atomic E-state index is 0.134. The molecule has 0 radical (unpaired) electrons. The van der Waals surface area contributed by atoms with E-state index in [1.807, 2.05) is 37.3 Å². The maximum Gasteiger partial charge on any atom is 0.319 e. The van der Waals surface area contributed by atoms with Gasteiger partial charge in [-0.2, -0.15) is 0 Å². The van der Waals surface area contributed by atoms with Crippen LogP contribution in [0.5, 0.6) is 0 Å². The van der Waals surface area contributed by atoms with E-state index in [1.165, 1.54) is 0 Å². The van der Waals surface area contributed by atoms with E-state index in [2.05, 4.69) is 22.6 Å². The number of hydrogen-bond donors (Lipinski definition) is 2. The van der Waals surface area contributed by atoms with Crippen molar-refractivity contribution in [2.45, 2.75) is 30.7 Å². The molecule has 1 atom stereocenters. The van der Waals surface area contributed by atoms with Crippen LogP contribution in [0.3, 0.4) is 0 Å². The number of hydrogen-bond acceptors (Lipinski definition) is 4.